The zero-order valence-electron chi connectivity index (χ0n) is 17.3. The first-order chi connectivity index (χ1) is 15.9. The Bertz CT molecular complexity index is 1580. The minimum Gasteiger partial charge on any atom is -0.463 e. The van der Waals surface area contributed by atoms with Crippen LogP contribution in [0.1, 0.15) is 12.5 Å². The topological polar surface area (TPSA) is 77.2 Å². The predicted molar refractivity (Wildman–Crippen MR) is 119 cm³/mol. The minimum atomic E-state index is -4.63. The molecule has 0 spiro atoms. The van der Waals surface area contributed by atoms with Crippen LogP contribution in [0, 0.1) is 5.82 Å². The minimum absolute atomic E-state index is 0.0902. The number of alkyl halides is 3. The molecule has 34 heavy (non-hydrogen) atoms. The standard InChI is InChI=1S/C23H14ClF4NO4S/c1-2-34(31,32)20-7-13(12-5-15(24)9-16(25)6-12)10-29-21(20)18-11-33-19-8-14(23(26,27)28)3-4-17(19)22(18)30/h3-11H,2H2,1H3. The lowest BCUT2D eigenvalue weighted by molar-refractivity contribution is -0.137. The van der Waals surface area contributed by atoms with Gasteiger partial charge in [0.2, 0.25) is 5.43 Å². The molecule has 0 fully saturated rings. The average molecular weight is 512 g/mol. The summed E-state index contributed by atoms with van der Waals surface area (Å²) in [5.74, 6) is -0.969. The average Bonchev–Trinajstić information content (AvgIpc) is 2.77. The first-order valence-electron chi connectivity index (χ1n) is 9.73. The molecule has 0 radical (unpaired) electrons. The third kappa shape index (κ3) is 4.43. The Labute approximate surface area is 195 Å². The van der Waals surface area contributed by atoms with Gasteiger partial charge < -0.3 is 4.42 Å². The second kappa shape index (κ2) is 8.52. The Kier molecular flexibility index (Phi) is 5.99. The molecule has 0 atom stereocenters. The number of benzene rings is 2. The SMILES string of the molecule is CCS(=O)(=O)c1cc(-c2cc(F)cc(Cl)c2)cnc1-c1coc2cc(C(F)(F)F)ccc2c1=O. The molecule has 4 aromatic rings. The highest BCUT2D eigenvalue weighted by Crippen LogP contribution is 2.33. The molecule has 0 aliphatic heterocycles. The van der Waals surface area contributed by atoms with Gasteiger partial charge in [-0.1, -0.05) is 18.5 Å². The number of sulfone groups is 1. The Hall–Kier alpha value is -3.24. The molecule has 2 heterocycles. The summed E-state index contributed by atoms with van der Waals surface area (Å²) in [4.78, 5) is 16.9. The van der Waals surface area contributed by atoms with E-state index in [0.29, 0.717) is 6.07 Å². The van der Waals surface area contributed by atoms with Crippen LogP contribution < -0.4 is 5.43 Å². The van der Waals surface area contributed by atoms with E-state index in [1.54, 1.807) is 0 Å². The number of rotatable bonds is 4. The van der Waals surface area contributed by atoms with Crippen LogP contribution >= 0.6 is 11.6 Å². The van der Waals surface area contributed by atoms with E-state index in [4.69, 9.17) is 16.0 Å². The van der Waals surface area contributed by atoms with Crippen LogP contribution in [0.25, 0.3) is 33.4 Å². The van der Waals surface area contributed by atoms with Crippen molar-refractivity contribution in [3.8, 4) is 22.4 Å². The van der Waals surface area contributed by atoms with Crippen molar-refractivity contribution in [2.45, 2.75) is 18.0 Å². The second-order valence-electron chi connectivity index (χ2n) is 7.32. The molecule has 5 nitrogen and oxygen atoms in total. The van der Waals surface area contributed by atoms with Crippen LogP contribution in [0.5, 0.6) is 0 Å². The maximum Gasteiger partial charge on any atom is 0.416 e. The van der Waals surface area contributed by atoms with Crippen molar-refractivity contribution < 1.29 is 30.4 Å². The Morgan fingerprint density at radius 2 is 1.79 bits per heavy atom. The van der Waals surface area contributed by atoms with Crippen LogP contribution in [0.4, 0.5) is 17.6 Å². The van der Waals surface area contributed by atoms with Crippen LogP contribution in [0.2, 0.25) is 5.02 Å². The Morgan fingerprint density at radius 3 is 2.44 bits per heavy atom. The summed E-state index contributed by atoms with van der Waals surface area (Å²) in [6.07, 6.45) is -2.52. The quantitative estimate of drug-likeness (QED) is 0.308. The molecule has 0 aliphatic carbocycles. The zero-order valence-corrected chi connectivity index (χ0v) is 18.9. The van der Waals surface area contributed by atoms with Gasteiger partial charge in [0, 0.05) is 16.8 Å². The molecule has 2 aromatic heterocycles. The molecule has 0 amide bonds. The summed E-state index contributed by atoms with van der Waals surface area (Å²) in [6.45, 7) is 1.40. The zero-order chi connectivity index (χ0) is 24.8. The van der Waals surface area contributed by atoms with E-state index < -0.39 is 32.8 Å². The van der Waals surface area contributed by atoms with Gasteiger partial charge in [0.25, 0.3) is 0 Å². The lowest BCUT2D eigenvalue weighted by atomic mass is 10.0. The molecular weight excluding hydrogens is 498 g/mol. The third-order valence-electron chi connectivity index (χ3n) is 5.12. The molecule has 0 saturated heterocycles. The van der Waals surface area contributed by atoms with Crippen LogP contribution in [-0.2, 0) is 16.0 Å². The van der Waals surface area contributed by atoms with Gasteiger partial charge >= 0.3 is 6.18 Å². The van der Waals surface area contributed by atoms with Crippen molar-refractivity contribution in [2.24, 2.45) is 0 Å². The lowest BCUT2D eigenvalue weighted by Gasteiger charge is -2.12. The number of fused-ring (bicyclic) bond motifs is 1. The van der Waals surface area contributed by atoms with E-state index in [9.17, 15) is 30.8 Å². The van der Waals surface area contributed by atoms with Crippen molar-refractivity contribution in [1.29, 1.82) is 0 Å². The normalized spacial score (nSPS) is 12.3. The van der Waals surface area contributed by atoms with Crippen LogP contribution in [0.3, 0.4) is 0 Å². The highest BCUT2D eigenvalue weighted by atomic mass is 35.5. The number of hydrogen-bond acceptors (Lipinski definition) is 5. The second-order valence-corrected chi connectivity index (χ2v) is 10.0. The number of halogens is 5. The van der Waals surface area contributed by atoms with Gasteiger partial charge in [0.05, 0.1) is 32.9 Å². The number of nitrogens with zero attached hydrogens (tertiary/aromatic N) is 1. The van der Waals surface area contributed by atoms with Crippen molar-refractivity contribution in [3.05, 3.63) is 81.6 Å². The molecular formula is C23H14ClF4NO4S. The number of hydrogen-bond donors (Lipinski definition) is 0. The molecule has 0 N–H and O–H groups in total. The molecule has 0 bridgehead atoms. The van der Waals surface area contributed by atoms with Gasteiger partial charge in [-0.2, -0.15) is 13.2 Å². The van der Waals surface area contributed by atoms with Crippen LogP contribution in [-0.4, -0.2) is 19.2 Å². The third-order valence-corrected chi connectivity index (χ3v) is 7.08. The summed E-state index contributed by atoms with van der Waals surface area (Å²) in [7, 11) is -3.94. The van der Waals surface area contributed by atoms with Gasteiger partial charge in [-0.05, 0) is 48.0 Å². The van der Waals surface area contributed by atoms with E-state index in [0.717, 1.165) is 30.5 Å². The smallest absolute Gasteiger partial charge is 0.416 e. The monoisotopic (exact) mass is 511 g/mol. The maximum atomic E-state index is 13.8. The largest absolute Gasteiger partial charge is 0.463 e. The lowest BCUT2D eigenvalue weighted by Crippen LogP contribution is -2.12. The number of aromatic nitrogens is 1. The van der Waals surface area contributed by atoms with E-state index in [1.165, 1.54) is 25.3 Å². The van der Waals surface area contributed by atoms with Crippen molar-refractivity contribution in [2.75, 3.05) is 5.75 Å². The van der Waals surface area contributed by atoms with Gasteiger partial charge in [0.15, 0.2) is 9.84 Å². The van der Waals surface area contributed by atoms with Gasteiger partial charge in [-0.3, -0.25) is 9.78 Å². The fraction of sp³-hybridized carbons (Fsp3) is 0.130. The van der Waals surface area contributed by atoms with Crippen molar-refractivity contribution in [1.82, 2.24) is 4.98 Å². The van der Waals surface area contributed by atoms with Gasteiger partial charge in [0.1, 0.15) is 17.7 Å². The van der Waals surface area contributed by atoms with Gasteiger partial charge in [-0.25, -0.2) is 12.8 Å². The fourth-order valence-electron chi connectivity index (χ4n) is 3.39. The first kappa shape index (κ1) is 23.9. The molecule has 176 valence electrons. The Morgan fingerprint density at radius 1 is 1.06 bits per heavy atom. The van der Waals surface area contributed by atoms with E-state index in [2.05, 4.69) is 4.98 Å². The highest BCUT2D eigenvalue weighted by Gasteiger charge is 2.31. The molecule has 2 aromatic carbocycles. The fourth-order valence-corrected chi connectivity index (χ4v) is 4.68. The molecule has 0 unspecified atom stereocenters. The molecule has 4 rings (SSSR count). The van der Waals surface area contributed by atoms with Crippen molar-refractivity contribution >= 4 is 32.4 Å². The summed E-state index contributed by atoms with van der Waals surface area (Å²) in [5, 5.41) is -0.0829. The summed E-state index contributed by atoms with van der Waals surface area (Å²) in [6, 6.07) is 7.28. The predicted octanol–water partition coefficient (Wildman–Crippen LogP) is 6.13. The van der Waals surface area contributed by atoms with E-state index >= 15 is 0 Å². The first-order valence-corrected chi connectivity index (χ1v) is 11.8. The van der Waals surface area contributed by atoms with Gasteiger partial charge in [-0.15, -0.1) is 0 Å². The summed E-state index contributed by atoms with van der Waals surface area (Å²) in [5.41, 5.74) is -2.04. The summed E-state index contributed by atoms with van der Waals surface area (Å²) >= 11 is 5.90. The maximum absolute atomic E-state index is 13.8. The summed E-state index contributed by atoms with van der Waals surface area (Å²) < 4.78 is 83.7. The van der Waals surface area contributed by atoms with Crippen LogP contribution in [0.15, 0.2) is 69.0 Å². The highest BCUT2D eigenvalue weighted by molar-refractivity contribution is 7.91. The molecule has 11 heteroatoms. The number of pyridine rings is 1. The molecule has 0 aliphatic rings. The van der Waals surface area contributed by atoms with Crippen molar-refractivity contribution in [3.63, 3.8) is 0 Å². The molecule has 0 saturated carbocycles. The Balaban J connectivity index is 1.95. The van der Waals surface area contributed by atoms with E-state index in [1.807, 2.05) is 0 Å². The van der Waals surface area contributed by atoms with E-state index in [-0.39, 0.29) is 49.0 Å².